The van der Waals surface area contributed by atoms with Gasteiger partial charge >= 0.3 is 6.03 Å². The van der Waals surface area contributed by atoms with Crippen molar-refractivity contribution >= 4 is 17.6 Å². The van der Waals surface area contributed by atoms with E-state index in [0.29, 0.717) is 11.3 Å². The van der Waals surface area contributed by atoms with Crippen LogP contribution < -0.4 is 11.1 Å². The van der Waals surface area contributed by atoms with Crippen molar-refractivity contribution < 1.29 is 9.59 Å². The van der Waals surface area contributed by atoms with E-state index in [4.69, 9.17) is 5.73 Å². The number of aromatic nitrogens is 1. The van der Waals surface area contributed by atoms with Crippen LogP contribution in [0, 0.1) is 0 Å². The minimum atomic E-state index is -0.638. The number of amides is 3. The van der Waals surface area contributed by atoms with Crippen LogP contribution in [0.25, 0.3) is 0 Å². The Hall–Kier alpha value is -2.76. The van der Waals surface area contributed by atoms with Crippen molar-refractivity contribution in [1.29, 1.82) is 0 Å². The normalized spacial score (nSPS) is 17.8. The third-order valence-corrected chi connectivity index (χ3v) is 4.72. The second-order valence-corrected chi connectivity index (χ2v) is 6.48. The topological polar surface area (TPSA) is 80.4 Å². The Morgan fingerprint density at radius 1 is 1.16 bits per heavy atom. The maximum atomic E-state index is 13.2. The first-order chi connectivity index (χ1) is 12.1. The van der Waals surface area contributed by atoms with Gasteiger partial charge in [-0.2, -0.15) is 0 Å². The van der Waals surface area contributed by atoms with E-state index in [-0.39, 0.29) is 11.9 Å². The van der Waals surface area contributed by atoms with Gasteiger partial charge in [-0.1, -0.05) is 18.9 Å². The highest BCUT2D eigenvalue weighted by Gasteiger charge is 2.29. The number of nitrogens with one attached hydrogen (secondary N) is 1. The van der Waals surface area contributed by atoms with Crippen molar-refractivity contribution in [2.24, 2.45) is 12.8 Å². The first-order valence-electron chi connectivity index (χ1n) is 8.65. The molecule has 0 bridgehead atoms. The Kier molecular flexibility index (Phi) is 5.07. The van der Waals surface area contributed by atoms with Crippen LogP contribution in [0.5, 0.6) is 0 Å². The second-order valence-electron chi connectivity index (χ2n) is 6.48. The highest BCUT2D eigenvalue weighted by molar-refractivity contribution is 5.97. The number of likely N-dealkylation sites (tertiary alicyclic amines) is 1. The Labute approximate surface area is 147 Å². The summed E-state index contributed by atoms with van der Waals surface area (Å²) in [5.41, 5.74) is 7.42. The molecule has 0 radical (unpaired) electrons. The Balaban J connectivity index is 1.90. The van der Waals surface area contributed by atoms with Crippen LogP contribution in [0.3, 0.4) is 0 Å². The smallest absolute Gasteiger partial charge is 0.316 e. The van der Waals surface area contributed by atoms with Gasteiger partial charge < -0.3 is 20.5 Å². The summed E-state index contributed by atoms with van der Waals surface area (Å²) in [4.78, 5) is 26.2. The lowest BCUT2D eigenvalue weighted by molar-refractivity contribution is 0.0674. The van der Waals surface area contributed by atoms with Crippen LogP contribution in [0.2, 0.25) is 0 Å². The Morgan fingerprint density at radius 2 is 2.00 bits per heavy atom. The fourth-order valence-corrected chi connectivity index (χ4v) is 3.52. The largest absolute Gasteiger partial charge is 0.353 e. The number of nitrogens with zero attached hydrogens (tertiary/aromatic N) is 2. The van der Waals surface area contributed by atoms with E-state index < -0.39 is 6.03 Å². The molecule has 6 heteroatoms. The number of anilines is 1. The monoisotopic (exact) mass is 340 g/mol. The van der Waals surface area contributed by atoms with Crippen LogP contribution in [0.4, 0.5) is 10.5 Å². The molecule has 3 N–H and O–H groups in total. The van der Waals surface area contributed by atoms with E-state index in [9.17, 15) is 9.59 Å². The zero-order chi connectivity index (χ0) is 17.8. The second kappa shape index (κ2) is 7.42. The molecule has 25 heavy (non-hydrogen) atoms. The average Bonchev–Trinajstić information content (AvgIpc) is 2.86. The van der Waals surface area contributed by atoms with Crippen LogP contribution in [-0.4, -0.2) is 28.0 Å². The summed E-state index contributed by atoms with van der Waals surface area (Å²) in [6.45, 7) is 0.738. The molecule has 0 aliphatic carbocycles. The maximum absolute atomic E-state index is 13.2. The summed E-state index contributed by atoms with van der Waals surface area (Å²) in [6.07, 6.45) is 6.23. The molecule has 3 rings (SSSR count). The number of hydrogen-bond acceptors (Lipinski definition) is 2. The van der Waals surface area contributed by atoms with Gasteiger partial charge in [0.15, 0.2) is 0 Å². The zero-order valence-corrected chi connectivity index (χ0v) is 14.4. The third-order valence-electron chi connectivity index (χ3n) is 4.72. The molecule has 1 aliphatic rings. The highest BCUT2D eigenvalue weighted by atomic mass is 16.2. The molecule has 132 valence electrons. The van der Waals surface area contributed by atoms with Crippen molar-refractivity contribution in [3.63, 3.8) is 0 Å². The molecule has 1 aromatic heterocycles. The van der Waals surface area contributed by atoms with Crippen LogP contribution in [0.15, 0.2) is 42.6 Å². The minimum Gasteiger partial charge on any atom is -0.353 e. The first kappa shape index (κ1) is 17.1. The molecule has 1 fully saturated rings. The molecule has 2 heterocycles. The lowest BCUT2D eigenvalue weighted by Crippen LogP contribution is -2.35. The van der Waals surface area contributed by atoms with Crippen LogP contribution in [-0.2, 0) is 7.05 Å². The van der Waals surface area contributed by atoms with E-state index in [1.807, 2.05) is 24.2 Å². The van der Waals surface area contributed by atoms with Crippen molar-refractivity contribution in [3.05, 3.63) is 53.9 Å². The predicted octanol–water partition coefficient (Wildman–Crippen LogP) is 3.27. The number of benzene rings is 1. The van der Waals surface area contributed by atoms with Gasteiger partial charge in [0, 0.05) is 36.7 Å². The van der Waals surface area contributed by atoms with Gasteiger partial charge in [-0.25, -0.2) is 4.79 Å². The molecule has 1 atom stereocenters. The predicted molar refractivity (Wildman–Crippen MR) is 97.3 cm³/mol. The fourth-order valence-electron chi connectivity index (χ4n) is 3.52. The number of primary amides is 1. The molecule has 3 amide bonds. The van der Waals surface area contributed by atoms with Crippen LogP contribution >= 0.6 is 0 Å². The van der Waals surface area contributed by atoms with E-state index in [1.165, 1.54) is 0 Å². The van der Waals surface area contributed by atoms with E-state index in [2.05, 4.69) is 16.0 Å². The van der Waals surface area contributed by atoms with E-state index in [1.54, 1.807) is 24.3 Å². The molecule has 1 unspecified atom stereocenters. The number of rotatable bonds is 3. The van der Waals surface area contributed by atoms with Crippen LogP contribution in [0.1, 0.15) is 47.8 Å². The highest BCUT2D eigenvalue weighted by Crippen LogP contribution is 2.31. The zero-order valence-electron chi connectivity index (χ0n) is 14.4. The quantitative estimate of drug-likeness (QED) is 0.899. The Bertz CT molecular complexity index is 768. The number of aryl methyl sites for hydroxylation is 1. The molecule has 0 spiro atoms. The minimum absolute atomic E-state index is 0.0128. The summed E-state index contributed by atoms with van der Waals surface area (Å²) in [5, 5.41) is 2.53. The lowest BCUT2D eigenvalue weighted by atomic mass is 10.0. The van der Waals surface area contributed by atoms with Crippen molar-refractivity contribution in [2.45, 2.75) is 31.7 Å². The lowest BCUT2D eigenvalue weighted by Gasteiger charge is -2.31. The molecule has 1 saturated heterocycles. The molecule has 1 aromatic carbocycles. The molecule has 2 aromatic rings. The van der Waals surface area contributed by atoms with Gasteiger partial charge in [0.2, 0.25) is 0 Å². The summed E-state index contributed by atoms with van der Waals surface area (Å²) in [7, 11) is 2.01. The number of urea groups is 1. The van der Waals surface area contributed by atoms with Gasteiger partial charge in [-0.3, -0.25) is 4.79 Å². The van der Waals surface area contributed by atoms with Gasteiger partial charge in [0.25, 0.3) is 5.91 Å². The van der Waals surface area contributed by atoms with E-state index in [0.717, 1.165) is 37.9 Å². The summed E-state index contributed by atoms with van der Waals surface area (Å²) < 4.78 is 2.08. The van der Waals surface area contributed by atoms with Gasteiger partial charge in [0.1, 0.15) is 0 Å². The standard InChI is InChI=1S/C19H24N4O2/c1-22-11-6-10-16(22)17-9-3-2-4-12-23(17)18(24)14-7-5-8-15(13-14)21-19(20)25/h5-8,10-11,13,17H,2-4,9,12H2,1H3,(H3,20,21,25). The molecule has 6 nitrogen and oxygen atoms in total. The van der Waals surface area contributed by atoms with E-state index >= 15 is 0 Å². The van der Waals surface area contributed by atoms with Crippen molar-refractivity contribution in [2.75, 3.05) is 11.9 Å². The first-order valence-corrected chi connectivity index (χ1v) is 8.65. The van der Waals surface area contributed by atoms with Crippen molar-refractivity contribution in [3.8, 4) is 0 Å². The maximum Gasteiger partial charge on any atom is 0.316 e. The average molecular weight is 340 g/mol. The molecule has 1 aliphatic heterocycles. The summed E-state index contributed by atoms with van der Waals surface area (Å²) in [5.74, 6) is -0.0128. The molecular formula is C19H24N4O2. The number of carbonyl (C=O) groups is 2. The number of nitrogens with two attached hydrogens (primary N) is 1. The van der Waals surface area contributed by atoms with Gasteiger partial charge in [0.05, 0.1) is 6.04 Å². The van der Waals surface area contributed by atoms with Gasteiger partial charge in [-0.05, 0) is 43.2 Å². The summed E-state index contributed by atoms with van der Waals surface area (Å²) in [6, 6.07) is 10.5. The third kappa shape index (κ3) is 3.84. The number of carbonyl (C=O) groups excluding carboxylic acids is 2. The number of hydrogen-bond donors (Lipinski definition) is 2. The Morgan fingerprint density at radius 3 is 2.72 bits per heavy atom. The van der Waals surface area contributed by atoms with Gasteiger partial charge in [-0.15, -0.1) is 0 Å². The molecule has 0 saturated carbocycles. The van der Waals surface area contributed by atoms with Crippen molar-refractivity contribution in [1.82, 2.24) is 9.47 Å². The SMILES string of the molecule is Cn1cccc1C1CCCCCN1C(=O)c1cccc(NC(N)=O)c1. The fraction of sp³-hybridized carbons (Fsp3) is 0.368. The molecular weight excluding hydrogens is 316 g/mol. The summed E-state index contributed by atoms with van der Waals surface area (Å²) >= 11 is 0.